The molecule has 1 aromatic heterocycles. The van der Waals surface area contributed by atoms with Gasteiger partial charge in [-0.25, -0.2) is 4.98 Å². The van der Waals surface area contributed by atoms with Crippen LogP contribution in [0.2, 0.25) is 0 Å². The molecule has 0 aliphatic rings. The van der Waals surface area contributed by atoms with E-state index in [4.69, 9.17) is 0 Å². The monoisotopic (exact) mass is 327 g/mol. The quantitative estimate of drug-likeness (QED) is 0.492. The van der Waals surface area contributed by atoms with Crippen LogP contribution in [0.5, 0.6) is 0 Å². The highest BCUT2D eigenvalue weighted by Crippen LogP contribution is 2.05. The summed E-state index contributed by atoms with van der Waals surface area (Å²) in [5.74, 6) is 3.92. The summed E-state index contributed by atoms with van der Waals surface area (Å²) in [5.41, 5.74) is 1.12. The standard InChI is InChI=1S/C16H13N3O3S/c20-11-13-5-2-1-4-12(13)10-19-16(22)15(21)18-7-3-6-14-17-8-9-23-14/h1-2,4-5,8-9,11H,7,10H2,(H,18,21)(H,19,22). The van der Waals surface area contributed by atoms with Crippen LogP contribution in [0.1, 0.15) is 20.9 Å². The van der Waals surface area contributed by atoms with Crippen molar-refractivity contribution in [3.05, 3.63) is 52.0 Å². The Bertz CT molecular complexity index is 760. The average Bonchev–Trinajstić information content (AvgIpc) is 3.10. The number of aldehydes is 1. The molecule has 2 rings (SSSR count). The Kier molecular flexibility index (Phi) is 6.03. The molecule has 0 aliphatic heterocycles. The van der Waals surface area contributed by atoms with E-state index in [2.05, 4.69) is 27.5 Å². The zero-order valence-electron chi connectivity index (χ0n) is 12.0. The van der Waals surface area contributed by atoms with Crippen LogP contribution in [0.25, 0.3) is 0 Å². The van der Waals surface area contributed by atoms with Crippen molar-refractivity contribution in [1.29, 1.82) is 0 Å². The van der Waals surface area contributed by atoms with Crippen LogP contribution < -0.4 is 10.6 Å². The summed E-state index contributed by atoms with van der Waals surface area (Å²) in [7, 11) is 0. The van der Waals surface area contributed by atoms with E-state index in [1.54, 1.807) is 35.8 Å². The zero-order valence-corrected chi connectivity index (χ0v) is 12.9. The van der Waals surface area contributed by atoms with Crippen LogP contribution in [0.15, 0.2) is 35.8 Å². The Morgan fingerprint density at radius 3 is 2.74 bits per heavy atom. The average molecular weight is 327 g/mol. The van der Waals surface area contributed by atoms with Crippen molar-refractivity contribution in [2.45, 2.75) is 6.54 Å². The molecule has 7 heteroatoms. The first kappa shape index (κ1) is 16.4. The van der Waals surface area contributed by atoms with Gasteiger partial charge in [0, 0.05) is 23.7 Å². The molecule has 1 aromatic carbocycles. The van der Waals surface area contributed by atoms with Gasteiger partial charge < -0.3 is 10.6 Å². The van der Waals surface area contributed by atoms with Gasteiger partial charge in [0.2, 0.25) is 0 Å². The molecule has 0 aliphatic carbocycles. The lowest BCUT2D eigenvalue weighted by atomic mass is 10.1. The third kappa shape index (κ3) is 5.05. The molecule has 0 atom stereocenters. The Morgan fingerprint density at radius 2 is 2.00 bits per heavy atom. The predicted octanol–water partition coefficient (Wildman–Crippen LogP) is 0.740. The molecule has 2 N–H and O–H groups in total. The van der Waals surface area contributed by atoms with Gasteiger partial charge in [0.1, 0.15) is 6.29 Å². The molecule has 0 saturated heterocycles. The molecule has 2 aromatic rings. The largest absolute Gasteiger partial charge is 0.344 e. The van der Waals surface area contributed by atoms with Crippen LogP contribution in [0, 0.1) is 11.8 Å². The molecule has 0 spiro atoms. The third-order valence-electron chi connectivity index (χ3n) is 2.79. The van der Waals surface area contributed by atoms with Crippen molar-refractivity contribution < 1.29 is 14.4 Å². The van der Waals surface area contributed by atoms with Crippen LogP contribution in [-0.2, 0) is 16.1 Å². The fourth-order valence-corrected chi connectivity index (χ4v) is 2.18. The highest BCUT2D eigenvalue weighted by Gasteiger charge is 2.12. The molecule has 6 nitrogen and oxygen atoms in total. The van der Waals surface area contributed by atoms with E-state index in [1.807, 2.05) is 0 Å². The Morgan fingerprint density at radius 1 is 1.22 bits per heavy atom. The van der Waals surface area contributed by atoms with Crippen molar-refractivity contribution in [3.63, 3.8) is 0 Å². The summed E-state index contributed by atoms with van der Waals surface area (Å²) in [5, 5.41) is 7.30. The molecule has 0 bridgehead atoms. The molecular weight excluding hydrogens is 314 g/mol. The summed E-state index contributed by atoms with van der Waals surface area (Å²) < 4.78 is 0. The van der Waals surface area contributed by atoms with E-state index in [9.17, 15) is 14.4 Å². The molecule has 2 amide bonds. The van der Waals surface area contributed by atoms with Gasteiger partial charge >= 0.3 is 11.8 Å². The van der Waals surface area contributed by atoms with Crippen molar-refractivity contribution in [1.82, 2.24) is 15.6 Å². The topological polar surface area (TPSA) is 88.2 Å². The lowest BCUT2D eigenvalue weighted by Gasteiger charge is -2.06. The summed E-state index contributed by atoms with van der Waals surface area (Å²) in [6.07, 6.45) is 2.34. The van der Waals surface area contributed by atoms with Gasteiger partial charge in [0.25, 0.3) is 0 Å². The van der Waals surface area contributed by atoms with Gasteiger partial charge in [0.05, 0.1) is 6.54 Å². The third-order valence-corrected chi connectivity index (χ3v) is 3.48. The summed E-state index contributed by atoms with van der Waals surface area (Å²) in [6.45, 7) is 0.155. The van der Waals surface area contributed by atoms with E-state index < -0.39 is 11.8 Å². The Hall–Kier alpha value is -2.98. The molecule has 1 heterocycles. The molecule has 0 saturated carbocycles. The molecule has 0 unspecified atom stereocenters. The molecule has 116 valence electrons. The predicted molar refractivity (Wildman–Crippen MR) is 85.7 cm³/mol. The number of carbonyl (C=O) groups excluding carboxylic acids is 3. The summed E-state index contributed by atoms with van der Waals surface area (Å²) in [4.78, 5) is 38.1. The minimum atomic E-state index is -0.776. The number of rotatable bonds is 4. The zero-order chi connectivity index (χ0) is 16.5. The first-order valence-corrected chi connectivity index (χ1v) is 7.56. The maximum Gasteiger partial charge on any atom is 0.310 e. The first-order chi connectivity index (χ1) is 11.2. The fraction of sp³-hybridized carbons (Fsp3) is 0.125. The minimum Gasteiger partial charge on any atom is -0.344 e. The van der Waals surface area contributed by atoms with E-state index in [1.165, 1.54) is 11.3 Å². The summed E-state index contributed by atoms with van der Waals surface area (Å²) >= 11 is 1.39. The van der Waals surface area contributed by atoms with Crippen molar-refractivity contribution in [2.24, 2.45) is 0 Å². The number of nitrogens with one attached hydrogen (secondary N) is 2. The van der Waals surface area contributed by atoms with Gasteiger partial charge in [-0.3, -0.25) is 14.4 Å². The number of thiazole rings is 1. The number of amides is 2. The lowest BCUT2D eigenvalue weighted by Crippen LogP contribution is -2.39. The van der Waals surface area contributed by atoms with E-state index in [-0.39, 0.29) is 13.1 Å². The van der Waals surface area contributed by atoms with Crippen LogP contribution in [0.4, 0.5) is 0 Å². The van der Waals surface area contributed by atoms with Gasteiger partial charge in [0.15, 0.2) is 5.01 Å². The van der Waals surface area contributed by atoms with Gasteiger partial charge in [-0.05, 0) is 11.5 Å². The fourth-order valence-electron chi connectivity index (χ4n) is 1.68. The minimum absolute atomic E-state index is 0.0523. The van der Waals surface area contributed by atoms with Crippen molar-refractivity contribution in [3.8, 4) is 11.8 Å². The van der Waals surface area contributed by atoms with Gasteiger partial charge in [-0.2, -0.15) is 0 Å². The second kappa shape index (κ2) is 8.46. The van der Waals surface area contributed by atoms with Gasteiger partial charge in [-0.1, -0.05) is 30.2 Å². The highest BCUT2D eigenvalue weighted by atomic mass is 32.1. The Labute approximate surface area is 136 Å². The van der Waals surface area contributed by atoms with Crippen LogP contribution in [0.3, 0.4) is 0 Å². The van der Waals surface area contributed by atoms with E-state index >= 15 is 0 Å². The lowest BCUT2D eigenvalue weighted by molar-refractivity contribution is -0.139. The highest BCUT2D eigenvalue weighted by molar-refractivity contribution is 7.10. The SMILES string of the molecule is O=Cc1ccccc1CNC(=O)C(=O)NCC#Cc1nccs1. The van der Waals surface area contributed by atoms with Crippen LogP contribution in [-0.4, -0.2) is 29.6 Å². The van der Waals surface area contributed by atoms with Crippen molar-refractivity contribution in [2.75, 3.05) is 6.54 Å². The second-order valence-corrected chi connectivity index (χ2v) is 5.22. The normalized spacial score (nSPS) is 9.39. The molecule has 23 heavy (non-hydrogen) atoms. The second-order valence-electron chi connectivity index (χ2n) is 4.32. The molecule has 0 fully saturated rings. The van der Waals surface area contributed by atoms with Gasteiger partial charge in [-0.15, -0.1) is 11.3 Å². The number of aromatic nitrogens is 1. The smallest absolute Gasteiger partial charge is 0.310 e. The van der Waals surface area contributed by atoms with E-state index in [0.717, 1.165) is 0 Å². The number of hydrogen-bond acceptors (Lipinski definition) is 5. The maximum atomic E-state index is 11.7. The summed E-state index contributed by atoms with van der Waals surface area (Å²) in [6, 6.07) is 6.83. The van der Waals surface area contributed by atoms with E-state index in [0.29, 0.717) is 22.4 Å². The number of nitrogens with zero attached hydrogens (tertiary/aromatic N) is 1. The van der Waals surface area contributed by atoms with Crippen molar-refractivity contribution >= 4 is 29.4 Å². The Balaban J connectivity index is 1.79. The maximum absolute atomic E-state index is 11.7. The number of carbonyl (C=O) groups is 3. The number of hydrogen-bond donors (Lipinski definition) is 2. The molecule has 0 radical (unpaired) electrons. The number of benzene rings is 1. The molecular formula is C16H13N3O3S. The van der Waals surface area contributed by atoms with Crippen LogP contribution >= 0.6 is 11.3 Å². The first-order valence-electron chi connectivity index (χ1n) is 6.68.